The van der Waals surface area contributed by atoms with E-state index in [-0.39, 0.29) is 0 Å². The van der Waals surface area contributed by atoms with Gasteiger partial charge in [0.2, 0.25) is 0 Å². The van der Waals surface area contributed by atoms with Crippen molar-refractivity contribution in [3.05, 3.63) is 164 Å². The molecule has 6 heteroatoms. The van der Waals surface area contributed by atoms with E-state index in [0.717, 1.165) is 50.8 Å². The number of aromatic nitrogens is 5. The molecule has 9 rings (SSSR count). The molecule has 5 heterocycles. The highest BCUT2D eigenvalue weighted by atomic mass is 28.3. The summed E-state index contributed by atoms with van der Waals surface area (Å²) in [7, 11) is -2.71. The minimum atomic E-state index is -2.71. The van der Waals surface area contributed by atoms with E-state index in [9.17, 15) is 0 Å². The summed E-state index contributed by atoms with van der Waals surface area (Å²) in [6.45, 7) is 0. The topological polar surface area (TPSA) is 56.5 Å². The van der Waals surface area contributed by atoms with Crippen molar-refractivity contribution in [2.24, 2.45) is 0 Å². The summed E-state index contributed by atoms with van der Waals surface area (Å²) in [5.74, 6) is 1.03. The van der Waals surface area contributed by atoms with Gasteiger partial charge in [0.05, 0.1) is 33.8 Å². The van der Waals surface area contributed by atoms with Crippen molar-refractivity contribution in [3.8, 4) is 45.3 Å². The molecule has 0 saturated heterocycles. The molecule has 46 heavy (non-hydrogen) atoms. The van der Waals surface area contributed by atoms with Crippen molar-refractivity contribution >= 4 is 34.8 Å². The summed E-state index contributed by atoms with van der Waals surface area (Å²) in [6, 6.07) is 53.6. The van der Waals surface area contributed by atoms with Gasteiger partial charge in [-0.05, 0) is 75.2 Å². The maximum atomic E-state index is 5.39. The van der Waals surface area contributed by atoms with Gasteiger partial charge in [-0.3, -0.25) is 9.97 Å². The summed E-state index contributed by atoms with van der Waals surface area (Å²) in [5, 5.41) is 4.05. The Morgan fingerprint density at radius 3 is 1.65 bits per heavy atom. The van der Waals surface area contributed by atoms with E-state index in [1.54, 1.807) is 12.4 Å². The molecule has 216 valence electrons. The van der Waals surface area contributed by atoms with Gasteiger partial charge < -0.3 is 4.23 Å². The molecule has 0 bridgehead atoms. The molecular weight excluding hydrogens is 579 g/mol. The number of rotatable bonds is 5. The Labute approximate surface area is 267 Å². The lowest BCUT2D eigenvalue weighted by Gasteiger charge is -2.32. The number of hydrogen-bond acceptors (Lipinski definition) is 4. The molecule has 0 fully saturated rings. The molecule has 0 spiro atoms. The van der Waals surface area contributed by atoms with Gasteiger partial charge in [0, 0.05) is 18.0 Å². The molecule has 0 radical (unpaired) electrons. The zero-order chi connectivity index (χ0) is 30.5. The highest BCUT2D eigenvalue weighted by Gasteiger charge is 2.50. The first-order valence-electron chi connectivity index (χ1n) is 15.4. The molecule has 4 aromatic carbocycles. The van der Waals surface area contributed by atoms with Crippen LogP contribution in [0.2, 0.25) is 0 Å². The van der Waals surface area contributed by atoms with Gasteiger partial charge in [0.15, 0.2) is 0 Å². The average Bonchev–Trinajstić information content (AvgIpc) is 3.66. The summed E-state index contributed by atoms with van der Waals surface area (Å²) >= 11 is 0. The van der Waals surface area contributed by atoms with Gasteiger partial charge in [0.25, 0.3) is 8.24 Å². The monoisotopic (exact) mass is 605 g/mol. The molecule has 0 amide bonds. The molecule has 0 unspecified atom stereocenters. The second-order valence-electron chi connectivity index (χ2n) is 11.5. The van der Waals surface area contributed by atoms with E-state index >= 15 is 0 Å². The van der Waals surface area contributed by atoms with Crippen molar-refractivity contribution < 1.29 is 0 Å². The van der Waals surface area contributed by atoms with Crippen molar-refractivity contribution in [2.75, 3.05) is 0 Å². The number of fused-ring (bicyclic) bond motifs is 5. The summed E-state index contributed by atoms with van der Waals surface area (Å²) < 4.78 is 2.58. The summed E-state index contributed by atoms with van der Waals surface area (Å²) in [5.41, 5.74) is 8.68. The first kappa shape index (κ1) is 26.4. The first-order chi connectivity index (χ1) is 22.8. The van der Waals surface area contributed by atoms with Gasteiger partial charge in [-0.15, -0.1) is 0 Å². The van der Waals surface area contributed by atoms with E-state index in [4.69, 9.17) is 9.97 Å². The van der Waals surface area contributed by atoms with Gasteiger partial charge in [-0.25, -0.2) is 9.97 Å². The SMILES string of the molecule is c1ccc([Si]2(c3ccccc3)c3ccccc3-c3nc4cc(-c5cc(-c6ccccn6)nc(-c6ccccn6)c5)ccc4n32)cc1. The third kappa shape index (κ3) is 4.01. The standard InChI is InChI=1S/C40H27N5Si/c1-3-13-30(14-4-1)46(31-15-5-2-6-16-31)39-20-8-7-17-32(39)40-44-37-25-28(21-22-38(37)45(40)46)29-26-35(33-18-9-11-23-41-33)43-36(27-29)34-19-10-12-24-42-34/h1-27H. The lowest BCUT2D eigenvalue weighted by Crippen LogP contribution is -2.70. The Bertz CT molecular complexity index is 2260. The third-order valence-electron chi connectivity index (χ3n) is 8.94. The average molecular weight is 606 g/mol. The molecule has 4 aromatic heterocycles. The molecule has 0 N–H and O–H groups in total. The Balaban J connectivity index is 1.29. The third-order valence-corrected chi connectivity index (χ3v) is 13.6. The van der Waals surface area contributed by atoms with Crippen LogP contribution in [0.4, 0.5) is 0 Å². The van der Waals surface area contributed by atoms with Crippen molar-refractivity contribution in [1.29, 1.82) is 0 Å². The van der Waals surface area contributed by atoms with Crippen LogP contribution in [0.5, 0.6) is 0 Å². The second kappa shape index (κ2) is 10.6. The fourth-order valence-electron chi connectivity index (χ4n) is 6.98. The highest BCUT2D eigenvalue weighted by molar-refractivity contribution is 7.12. The van der Waals surface area contributed by atoms with Crippen LogP contribution in [-0.2, 0) is 0 Å². The fourth-order valence-corrected chi connectivity index (χ4v) is 12.0. The predicted molar refractivity (Wildman–Crippen MR) is 188 cm³/mol. The Morgan fingerprint density at radius 1 is 0.457 bits per heavy atom. The lowest BCUT2D eigenvalue weighted by molar-refractivity contribution is 1.22. The lowest BCUT2D eigenvalue weighted by atomic mass is 10.0. The molecule has 0 aliphatic carbocycles. The number of hydrogen-bond donors (Lipinski definition) is 0. The van der Waals surface area contributed by atoms with Crippen molar-refractivity contribution in [3.63, 3.8) is 0 Å². The molecule has 0 atom stereocenters. The van der Waals surface area contributed by atoms with Gasteiger partial charge in [-0.1, -0.05) is 103 Å². The van der Waals surface area contributed by atoms with Gasteiger partial charge in [0.1, 0.15) is 5.82 Å². The van der Waals surface area contributed by atoms with Crippen LogP contribution in [0.1, 0.15) is 0 Å². The first-order valence-corrected chi connectivity index (χ1v) is 17.3. The molecule has 1 aliphatic rings. The summed E-state index contributed by atoms with van der Waals surface area (Å²) in [6.07, 6.45) is 3.60. The van der Waals surface area contributed by atoms with Crippen molar-refractivity contribution in [1.82, 2.24) is 24.2 Å². The fraction of sp³-hybridized carbons (Fsp3) is 0. The minimum Gasteiger partial charge on any atom is -0.339 e. The highest BCUT2D eigenvalue weighted by Crippen LogP contribution is 2.37. The van der Waals surface area contributed by atoms with E-state index in [2.05, 4.69) is 129 Å². The molecule has 1 aliphatic heterocycles. The number of nitrogens with zero attached hydrogens (tertiary/aromatic N) is 5. The van der Waals surface area contributed by atoms with Crippen LogP contribution >= 0.6 is 0 Å². The van der Waals surface area contributed by atoms with Crippen LogP contribution in [0, 0.1) is 0 Å². The Hall–Kier alpha value is -5.98. The normalized spacial score (nSPS) is 13.0. The van der Waals surface area contributed by atoms with E-state index in [0.29, 0.717) is 0 Å². The van der Waals surface area contributed by atoms with Gasteiger partial charge in [-0.2, -0.15) is 0 Å². The zero-order valence-electron chi connectivity index (χ0n) is 24.8. The van der Waals surface area contributed by atoms with E-state index < -0.39 is 8.24 Å². The van der Waals surface area contributed by atoms with Crippen LogP contribution in [-0.4, -0.2) is 32.4 Å². The van der Waals surface area contributed by atoms with Crippen LogP contribution in [0.25, 0.3) is 56.3 Å². The maximum Gasteiger partial charge on any atom is 0.259 e. The van der Waals surface area contributed by atoms with Crippen LogP contribution < -0.4 is 15.6 Å². The number of imidazole rings is 1. The molecule has 5 nitrogen and oxygen atoms in total. The largest absolute Gasteiger partial charge is 0.339 e. The van der Waals surface area contributed by atoms with Crippen LogP contribution in [0.15, 0.2) is 164 Å². The minimum absolute atomic E-state index is 0.805. The number of benzene rings is 4. The van der Waals surface area contributed by atoms with Crippen LogP contribution in [0.3, 0.4) is 0 Å². The Morgan fingerprint density at radius 2 is 1.04 bits per heavy atom. The summed E-state index contributed by atoms with van der Waals surface area (Å²) in [4.78, 5) is 19.6. The number of pyridine rings is 3. The maximum absolute atomic E-state index is 5.39. The predicted octanol–water partition coefficient (Wildman–Crippen LogP) is 6.72. The van der Waals surface area contributed by atoms with E-state index in [1.807, 2.05) is 36.4 Å². The quantitative estimate of drug-likeness (QED) is 0.205. The second-order valence-corrected chi connectivity index (χ2v) is 15.1. The zero-order valence-corrected chi connectivity index (χ0v) is 25.8. The van der Waals surface area contributed by atoms with Gasteiger partial charge >= 0.3 is 0 Å². The molecule has 8 aromatic rings. The molecule has 0 saturated carbocycles. The smallest absolute Gasteiger partial charge is 0.259 e. The Kier molecular flexibility index (Phi) is 6.08. The van der Waals surface area contributed by atoms with Crippen molar-refractivity contribution in [2.45, 2.75) is 0 Å². The molecular formula is C40H27N5Si. The van der Waals surface area contributed by atoms with E-state index in [1.165, 1.54) is 21.1 Å².